The van der Waals surface area contributed by atoms with Crippen molar-refractivity contribution in [3.05, 3.63) is 0 Å². The lowest BCUT2D eigenvalue weighted by molar-refractivity contribution is 0.226. The summed E-state index contributed by atoms with van der Waals surface area (Å²) >= 11 is -3.38. The van der Waals surface area contributed by atoms with Crippen molar-refractivity contribution >= 4 is 65.3 Å². The molecule has 0 aliphatic heterocycles. The molecule has 0 amide bonds. The Hall–Kier alpha value is 1.62. The maximum atomic E-state index is 11.5. The molecule has 2 N–H and O–H groups in total. The van der Waals surface area contributed by atoms with E-state index < -0.39 is 22.2 Å². The van der Waals surface area contributed by atoms with Crippen LogP contribution < -0.4 is 0 Å². The highest BCUT2D eigenvalue weighted by molar-refractivity contribution is 8.78. The number of hydrogen-bond donors (Lipinski definition) is 2. The van der Waals surface area contributed by atoms with Crippen molar-refractivity contribution in [1.29, 1.82) is 0 Å². The highest BCUT2D eigenvalue weighted by Gasteiger charge is 2.52. The molecule has 4 fully saturated rings. The normalized spacial score (nSPS) is 41.5. The fourth-order valence-corrected chi connectivity index (χ4v) is 15.2. The van der Waals surface area contributed by atoms with Gasteiger partial charge in [0, 0.05) is 23.0 Å². The predicted octanol–water partition coefficient (Wildman–Crippen LogP) is 5.81. The smallest absolute Gasteiger partial charge is 0.153 e. The van der Waals surface area contributed by atoms with Crippen LogP contribution in [0.1, 0.15) is 51.4 Å². The quantitative estimate of drug-likeness (QED) is 0.176. The van der Waals surface area contributed by atoms with E-state index in [9.17, 15) is 17.5 Å². The molecule has 4 nitrogen and oxygen atoms in total. The first-order valence-corrected chi connectivity index (χ1v) is 18.6. The van der Waals surface area contributed by atoms with Crippen molar-refractivity contribution in [3.63, 3.8) is 0 Å². The Morgan fingerprint density at radius 2 is 1.13 bits per heavy atom. The summed E-state index contributed by atoms with van der Waals surface area (Å²) in [4.78, 5) is 0. The number of rotatable bonds is 13. The van der Waals surface area contributed by atoms with Gasteiger partial charge in [-0.1, -0.05) is 56.0 Å². The summed E-state index contributed by atoms with van der Waals surface area (Å²) < 4.78 is 42.1. The van der Waals surface area contributed by atoms with Gasteiger partial charge >= 0.3 is 0 Å². The van der Waals surface area contributed by atoms with Crippen LogP contribution in [0.2, 0.25) is 0 Å². The summed E-state index contributed by atoms with van der Waals surface area (Å²) in [7, 11) is 7.64. The standard InChI is InChI=1S/C20H34O4S6/c21-29(22)13-19(9-15-1-3-17(19)7-15)11-27-25-5-6-26-28-12-20(14-30(23)24)10-16-2-4-18(20)8-16/h15-18H,1-14H2,(H,21,22)(H,23,24)/t15-,16?,17+,18+,19+,20+/m1/s1. The number of fused-ring (bicyclic) bond motifs is 4. The van der Waals surface area contributed by atoms with Gasteiger partial charge in [-0.15, -0.1) is 0 Å². The minimum absolute atomic E-state index is 0.0935. The van der Waals surface area contributed by atoms with Crippen molar-refractivity contribution in [2.45, 2.75) is 51.4 Å². The molecule has 0 radical (unpaired) electrons. The summed E-state index contributed by atoms with van der Waals surface area (Å²) in [6, 6.07) is 0. The molecule has 0 saturated heterocycles. The highest BCUT2D eigenvalue weighted by Crippen LogP contribution is 2.59. The van der Waals surface area contributed by atoms with Crippen LogP contribution in [0, 0.1) is 34.5 Å². The van der Waals surface area contributed by atoms with Crippen molar-refractivity contribution in [1.82, 2.24) is 0 Å². The zero-order chi connectivity index (χ0) is 21.2. The van der Waals surface area contributed by atoms with Crippen LogP contribution in [0.25, 0.3) is 0 Å². The van der Waals surface area contributed by atoms with Gasteiger partial charge in [0.05, 0.1) is 11.5 Å². The molecule has 174 valence electrons. The van der Waals surface area contributed by atoms with Crippen LogP contribution in [-0.4, -0.2) is 52.0 Å². The van der Waals surface area contributed by atoms with Crippen LogP contribution in [0.3, 0.4) is 0 Å². The van der Waals surface area contributed by atoms with Crippen molar-refractivity contribution in [2.75, 3.05) is 34.5 Å². The fourth-order valence-electron chi connectivity index (χ4n) is 6.90. The summed E-state index contributed by atoms with van der Waals surface area (Å²) in [6.07, 6.45) is 10.0. The third-order valence-electron chi connectivity index (χ3n) is 8.14. The van der Waals surface area contributed by atoms with Crippen LogP contribution in [-0.2, 0) is 22.2 Å². The number of hydrogen-bond acceptors (Lipinski definition) is 6. The predicted molar refractivity (Wildman–Crippen MR) is 137 cm³/mol. The molecule has 8 atom stereocenters. The van der Waals surface area contributed by atoms with E-state index in [1.165, 1.54) is 38.5 Å². The maximum Gasteiger partial charge on any atom is 0.153 e. The lowest BCUT2D eigenvalue weighted by Crippen LogP contribution is -2.36. The first-order valence-electron chi connectivity index (χ1n) is 11.0. The van der Waals surface area contributed by atoms with Crippen molar-refractivity contribution in [3.8, 4) is 0 Å². The zero-order valence-corrected chi connectivity index (χ0v) is 22.3. The molecule has 3 unspecified atom stereocenters. The van der Waals surface area contributed by atoms with E-state index >= 15 is 0 Å². The van der Waals surface area contributed by atoms with Gasteiger partial charge in [0.15, 0.2) is 22.2 Å². The Labute approximate surface area is 202 Å². The second-order valence-corrected chi connectivity index (χ2v) is 17.0. The van der Waals surface area contributed by atoms with E-state index in [0.29, 0.717) is 23.3 Å². The summed E-state index contributed by atoms with van der Waals surface area (Å²) in [5, 5.41) is 0. The van der Waals surface area contributed by atoms with E-state index in [-0.39, 0.29) is 10.8 Å². The average molecular weight is 531 g/mol. The molecule has 4 rings (SSSR count). The maximum absolute atomic E-state index is 11.5. The molecule has 4 aliphatic rings. The molecule has 4 bridgehead atoms. The second kappa shape index (κ2) is 10.9. The SMILES string of the molecule is O=S(O)C[C@@]1(CSSCCSSC[C@]2(CS(=O)O)C[C@@H]3CC[C@H]2C3)CC2CC[C@H]1C2. The Morgan fingerprint density at radius 1 is 0.700 bits per heavy atom. The molecule has 0 heterocycles. The minimum atomic E-state index is -1.69. The van der Waals surface area contributed by atoms with Gasteiger partial charge < -0.3 is 9.11 Å². The highest BCUT2D eigenvalue weighted by atomic mass is 33.1. The van der Waals surface area contributed by atoms with E-state index in [0.717, 1.165) is 47.7 Å². The first-order chi connectivity index (χ1) is 14.4. The largest absolute Gasteiger partial charge is 0.306 e. The van der Waals surface area contributed by atoms with Crippen LogP contribution >= 0.6 is 43.2 Å². The third kappa shape index (κ3) is 5.81. The molecule has 30 heavy (non-hydrogen) atoms. The van der Waals surface area contributed by atoms with Gasteiger partial charge in [0.2, 0.25) is 0 Å². The lowest BCUT2D eigenvalue weighted by atomic mass is 9.76. The molecule has 10 heteroatoms. The molecule has 0 spiro atoms. The van der Waals surface area contributed by atoms with Crippen molar-refractivity contribution in [2.24, 2.45) is 34.5 Å². The fraction of sp³-hybridized carbons (Fsp3) is 1.00. The Bertz CT molecular complexity index is 597. The lowest BCUT2D eigenvalue weighted by Gasteiger charge is -2.36. The van der Waals surface area contributed by atoms with Crippen LogP contribution in [0.4, 0.5) is 0 Å². The van der Waals surface area contributed by atoms with Gasteiger partial charge in [0.25, 0.3) is 0 Å². The van der Waals surface area contributed by atoms with E-state index in [4.69, 9.17) is 0 Å². The molecule has 4 saturated carbocycles. The summed E-state index contributed by atoms with van der Waals surface area (Å²) in [5.41, 5.74) is 0.187. The zero-order valence-electron chi connectivity index (χ0n) is 17.4. The van der Waals surface area contributed by atoms with Crippen LogP contribution in [0.15, 0.2) is 0 Å². The van der Waals surface area contributed by atoms with Gasteiger partial charge in [-0.25, -0.2) is 8.42 Å². The topological polar surface area (TPSA) is 74.6 Å². The second-order valence-electron chi connectivity index (χ2n) is 9.98. The van der Waals surface area contributed by atoms with Gasteiger partial charge in [-0.2, -0.15) is 0 Å². The first kappa shape index (κ1) is 24.7. The molecule has 0 aromatic rings. The molecule has 4 aliphatic carbocycles. The Balaban J connectivity index is 1.13. The van der Waals surface area contributed by atoms with Gasteiger partial charge in [0.1, 0.15) is 0 Å². The van der Waals surface area contributed by atoms with Gasteiger partial charge in [-0.3, -0.25) is 0 Å². The van der Waals surface area contributed by atoms with E-state index in [2.05, 4.69) is 0 Å². The average Bonchev–Trinajstić information content (AvgIpc) is 3.43. The molecule has 0 aromatic carbocycles. The molecular weight excluding hydrogens is 497 g/mol. The van der Waals surface area contributed by atoms with E-state index in [1.54, 1.807) is 0 Å². The summed E-state index contributed by atoms with van der Waals surface area (Å²) in [6.45, 7) is 0. The summed E-state index contributed by atoms with van der Waals surface area (Å²) in [5.74, 6) is 8.02. The third-order valence-corrected chi connectivity index (χ3v) is 15.2. The van der Waals surface area contributed by atoms with E-state index in [1.807, 2.05) is 43.2 Å². The van der Waals surface area contributed by atoms with Crippen molar-refractivity contribution < 1.29 is 17.5 Å². The Kier molecular flexibility index (Phi) is 9.00. The Morgan fingerprint density at radius 3 is 1.43 bits per heavy atom. The monoisotopic (exact) mass is 530 g/mol. The molecular formula is C20H34O4S6. The molecule has 0 aromatic heterocycles. The van der Waals surface area contributed by atoms with Crippen LogP contribution in [0.5, 0.6) is 0 Å². The minimum Gasteiger partial charge on any atom is -0.306 e. The van der Waals surface area contributed by atoms with Gasteiger partial charge in [-0.05, 0) is 73.0 Å².